The summed E-state index contributed by atoms with van der Waals surface area (Å²) in [6.07, 6.45) is 3.46. The third-order valence-corrected chi connectivity index (χ3v) is 3.48. The van der Waals surface area contributed by atoms with Crippen molar-refractivity contribution in [2.75, 3.05) is 5.32 Å². The topological polar surface area (TPSA) is 24.9 Å². The Morgan fingerprint density at radius 2 is 2.00 bits per heavy atom. The van der Waals surface area contributed by atoms with E-state index in [1.165, 1.54) is 12.1 Å². The van der Waals surface area contributed by atoms with Gasteiger partial charge in [0, 0.05) is 23.0 Å². The zero-order valence-electron chi connectivity index (χ0n) is 10.5. The molecule has 0 radical (unpaired) electrons. The first-order chi connectivity index (χ1) is 8.99. The minimum absolute atomic E-state index is 0.0492. The zero-order valence-corrected chi connectivity index (χ0v) is 12.1. The van der Waals surface area contributed by atoms with Crippen LogP contribution in [0.25, 0.3) is 0 Å². The Morgan fingerprint density at radius 3 is 2.68 bits per heavy atom. The van der Waals surface area contributed by atoms with Crippen LogP contribution in [-0.2, 0) is 0 Å². The number of rotatable bonds is 3. The van der Waals surface area contributed by atoms with Crippen molar-refractivity contribution in [3.63, 3.8) is 0 Å². The molecule has 1 aromatic carbocycles. The molecular formula is C14H13Cl2FN2. The van der Waals surface area contributed by atoms with Crippen LogP contribution in [0.4, 0.5) is 10.1 Å². The van der Waals surface area contributed by atoms with Gasteiger partial charge in [-0.1, -0.05) is 23.2 Å². The first-order valence-electron chi connectivity index (χ1n) is 5.80. The Kier molecular flexibility index (Phi) is 4.27. The summed E-state index contributed by atoms with van der Waals surface area (Å²) in [6, 6.07) is 4.49. The first-order valence-corrected chi connectivity index (χ1v) is 6.56. The van der Waals surface area contributed by atoms with E-state index in [0.717, 1.165) is 11.3 Å². The Bertz CT molecular complexity index is 602. The molecule has 0 fully saturated rings. The van der Waals surface area contributed by atoms with Gasteiger partial charge in [-0.15, -0.1) is 0 Å². The predicted octanol–water partition coefficient (Wildman–Crippen LogP) is 5.01. The molecule has 0 amide bonds. The van der Waals surface area contributed by atoms with Crippen molar-refractivity contribution in [1.82, 2.24) is 4.98 Å². The van der Waals surface area contributed by atoms with Gasteiger partial charge in [-0.2, -0.15) is 0 Å². The fourth-order valence-electron chi connectivity index (χ4n) is 1.90. The average Bonchev–Trinajstić information content (AvgIpc) is 2.34. The van der Waals surface area contributed by atoms with E-state index in [4.69, 9.17) is 23.2 Å². The monoisotopic (exact) mass is 298 g/mol. The van der Waals surface area contributed by atoms with Crippen LogP contribution in [0.1, 0.15) is 24.1 Å². The second-order valence-electron chi connectivity index (χ2n) is 4.37. The van der Waals surface area contributed by atoms with Gasteiger partial charge in [0.05, 0.1) is 16.8 Å². The number of pyridine rings is 1. The van der Waals surface area contributed by atoms with Crippen LogP contribution in [0.3, 0.4) is 0 Å². The summed E-state index contributed by atoms with van der Waals surface area (Å²) in [7, 11) is 0. The largest absolute Gasteiger partial charge is 0.377 e. The number of anilines is 1. The van der Waals surface area contributed by atoms with Crippen molar-refractivity contribution in [3.8, 4) is 0 Å². The van der Waals surface area contributed by atoms with Crippen molar-refractivity contribution < 1.29 is 4.39 Å². The molecule has 1 N–H and O–H groups in total. The summed E-state index contributed by atoms with van der Waals surface area (Å²) in [5.41, 5.74) is 2.42. The van der Waals surface area contributed by atoms with Crippen LogP contribution in [0.15, 0.2) is 30.6 Å². The summed E-state index contributed by atoms with van der Waals surface area (Å²) >= 11 is 12.1. The molecule has 2 nitrogen and oxygen atoms in total. The third-order valence-electron chi connectivity index (χ3n) is 2.77. The van der Waals surface area contributed by atoms with Crippen molar-refractivity contribution in [1.29, 1.82) is 0 Å². The van der Waals surface area contributed by atoms with Crippen molar-refractivity contribution in [2.24, 2.45) is 0 Å². The Labute approximate surface area is 121 Å². The molecule has 0 spiro atoms. The van der Waals surface area contributed by atoms with Crippen LogP contribution in [0.5, 0.6) is 0 Å². The number of halogens is 3. The number of hydrogen-bond donors (Lipinski definition) is 1. The standard InChI is InChI=1S/C14H13Cl2FN2/c1-8-5-10(7-18-6-8)19-9(2)13-11(15)3-4-12(17)14(13)16/h3-7,9,19H,1-2H3. The van der Waals surface area contributed by atoms with E-state index >= 15 is 0 Å². The summed E-state index contributed by atoms with van der Waals surface area (Å²) in [5.74, 6) is -0.475. The summed E-state index contributed by atoms with van der Waals surface area (Å²) < 4.78 is 13.5. The second kappa shape index (κ2) is 5.76. The molecule has 19 heavy (non-hydrogen) atoms. The lowest BCUT2D eigenvalue weighted by Crippen LogP contribution is -2.09. The number of aromatic nitrogens is 1. The molecule has 100 valence electrons. The molecule has 1 unspecified atom stereocenters. The van der Waals surface area contributed by atoms with Gasteiger partial charge in [0.25, 0.3) is 0 Å². The number of hydrogen-bond acceptors (Lipinski definition) is 2. The zero-order chi connectivity index (χ0) is 14.0. The van der Waals surface area contributed by atoms with E-state index in [0.29, 0.717) is 10.6 Å². The highest BCUT2D eigenvalue weighted by molar-refractivity contribution is 6.36. The van der Waals surface area contributed by atoms with Gasteiger partial charge in [-0.3, -0.25) is 4.98 Å². The highest BCUT2D eigenvalue weighted by atomic mass is 35.5. The molecule has 1 aromatic heterocycles. The Balaban J connectivity index is 2.30. The van der Waals surface area contributed by atoms with Gasteiger partial charge in [0.2, 0.25) is 0 Å². The lowest BCUT2D eigenvalue weighted by Gasteiger charge is -2.18. The van der Waals surface area contributed by atoms with Crippen molar-refractivity contribution >= 4 is 28.9 Å². The quantitative estimate of drug-likeness (QED) is 0.806. The van der Waals surface area contributed by atoms with E-state index in [1.807, 2.05) is 19.9 Å². The highest BCUT2D eigenvalue weighted by Gasteiger charge is 2.17. The average molecular weight is 299 g/mol. The van der Waals surface area contributed by atoms with E-state index in [2.05, 4.69) is 10.3 Å². The molecule has 1 atom stereocenters. The van der Waals surface area contributed by atoms with E-state index in [1.54, 1.807) is 12.4 Å². The lowest BCUT2D eigenvalue weighted by atomic mass is 10.1. The molecule has 0 bridgehead atoms. The van der Waals surface area contributed by atoms with E-state index < -0.39 is 5.82 Å². The number of aryl methyl sites for hydroxylation is 1. The minimum atomic E-state index is -0.475. The van der Waals surface area contributed by atoms with Gasteiger partial charge >= 0.3 is 0 Å². The summed E-state index contributed by atoms with van der Waals surface area (Å²) in [4.78, 5) is 4.09. The third kappa shape index (κ3) is 3.17. The van der Waals surface area contributed by atoms with E-state index in [-0.39, 0.29) is 11.1 Å². The maximum Gasteiger partial charge on any atom is 0.142 e. The molecule has 5 heteroatoms. The van der Waals surface area contributed by atoms with Crippen LogP contribution < -0.4 is 5.32 Å². The maximum atomic E-state index is 13.5. The van der Waals surface area contributed by atoms with Gasteiger partial charge in [-0.25, -0.2) is 4.39 Å². The molecule has 2 aromatic rings. The molecule has 0 aliphatic carbocycles. The fraction of sp³-hybridized carbons (Fsp3) is 0.214. The van der Waals surface area contributed by atoms with Crippen molar-refractivity contribution in [2.45, 2.75) is 19.9 Å². The van der Waals surface area contributed by atoms with Gasteiger partial charge in [-0.05, 0) is 37.6 Å². The summed E-state index contributed by atoms with van der Waals surface area (Å²) in [6.45, 7) is 3.82. The van der Waals surface area contributed by atoms with Crippen LogP contribution >= 0.6 is 23.2 Å². The Hall–Kier alpha value is -1.32. The SMILES string of the molecule is Cc1cncc(NC(C)c2c(Cl)ccc(F)c2Cl)c1. The van der Waals surface area contributed by atoms with Crippen LogP contribution in [0.2, 0.25) is 10.0 Å². The second-order valence-corrected chi connectivity index (χ2v) is 5.16. The normalized spacial score (nSPS) is 12.3. The minimum Gasteiger partial charge on any atom is -0.377 e. The van der Waals surface area contributed by atoms with Gasteiger partial charge < -0.3 is 5.32 Å². The number of nitrogens with one attached hydrogen (secondary N) is 1. The van der Waals surface area contributed by atoms with Crippen LogP contribution in [0, 0.1) is 12.7 Å². The van der Waals surface area contributed by atoms with Crippen molar-refractivity contribution in [3.05, 3.63) is 57.6 Å². The summed E-state index contributed by atoms with van der Waals surface area (Å²) in [5, 5.41) is 3.70. The smallest absolute Gasteiger partial charge is 0.142 e. The molecule has 2 rings (SSSR count). The molecule has 0 saturated carbocycles. The number of nitrogens with zero attached hydrogens (tertiary/aromatic N) is 1. The molecule has 1 heterocycles. The van der Waals surface area contributed by atoms with Gasteiger partial charge in [0.15, 0.2) is 0 Å². The van der Waals surface area contributed by atoms with Crippen LogP contribution in [-0.4, -0.2) is 4.98 Å². The molecule has 0 aliphatic rings. The van der Waals surface area contributed by atoms with E-state index in [9.17, 15) is 4.39 Å². The highest BCUT2D eigenvalue weighted by Crippen LogP contribution is 2.33. The molecule has 0 saturated heterocycles. The molecular weight excluding hydrogens is 286 g/mol. The van der Waals surface area contributed by atoms with Gasteiger partial charge in [0.1, 0.15) is 5.82 Å². The fourth-order valence-corrected chi connectivity index (χ4v) is 2.59. The maximum absolute atomic E-state index is 13.5. The predicted molar refractivity (Wildman–Crippen MR) is 77.4 cm³/mol. The lowest BCUT2D eigenvalue weighted by molar-refractivity contribution is 0.624. The number of benzene rings is 1. The molecule has 0 aliphatic heterocycles. The Morgan fingerprint density at radius 1 is 1.26 bits per heavy atom. The first kappa shape index (κ1) is 14.1.